The monoisotopic (exact) mass is 488 g/mol. The minimum atomic E-state index is -0.605. The molecule has 36 heavy (non-hydrogen) atoms. The van der Waals surface area contributed by atoms with Crippen molar-refractivity contribution in [2.75, 3.05) is 17.2 Å². The van der Waals surface area contributed by atoms with Crippen LogP contribution in [0.5, 0.6) is 0 Å². The van der Waals surface area contributed by atoms with E-state index in [1.165, 1.54) is 0 Å². The number of pyridine rings is 1. The van der Waals surface area contributed by atoms with Crippen LogP contribution in [0.2, 0.25) is 0 Å². The van der Waals surface area contributed by atoms with Crippen molar-refractivity contribution in [1.29, 1.82) is 5.41 Å². The van der Waals surface area contributed by atoms with Crippen LogP contribution in [0.3, 0.4) is 0 Å². The topological polar surface area (TPSA) is 159 Å². The number of ether oxygens (including phenoxy) is 1. The molecule has 10 nitrogen and oxygen atoms in total. The number of rotatable bonds is 10. The minimum absolute atomic E-state index is 0.0245. The predicted molar refractivity (Wildman–Crippen MR) is 137 cm³/mol. The first kappa shape index (κ1) is 25.9. The Morgan fingerprint density at radius 2 is 1.78 bits per heavy atom. The molecule has 10 heteroatoms. The molecule has 0 aliphatic rings. The first-order valence-corrected chi connectivity index (χ1v) is 11.3. The fraction of sp³-hybridized carbons (Fsp3) is 0.192. The number of hydrogen-bond acceptors (Lipinski definition) is 6. The van der Waals surface area contributed by atoms with Crippen LogP contribution in [-0.4, -0.2) is 35.3 Å². The molecule has 2 aromatic carbocycles. The lowest BCUT2D eigenvalue weighted by atomic mass is 10.0. The van der Waals surface area contributed by atoms with Crippen LogP contribution in [0.15, 0.2) is 73.1 Å². The number of nitrogens with one attached hydrogen (secondary N) is 4. The van der Waals surface area contributed by atoms with E-state index < -0.39 is 18.0 Å². The van der Waals surface area contributed by atoms with Gasteiger partial charge in [-0.25, -0.2) is 4.79 Å². The number of amides is 3. The number of benzene rings is 2. The summed E-state index contributed by atoms with van der Waals surface area (Å²) in [5, 5.41) is 15.8. The third-order valence-corrected chi connectivity index (χ3v) is 5.17. The fourth-order valence-electron chi connectivity index (χ4n) is 3.45. The molecule has 1 heterocycles. The molecule has 0 radical (unpaired) electrons. The van der Waals surface area contributed by atoms with E-state index in [2.05, 4.69) is 20.9 Å². The number of carbonyl (C=O) groups is 3. The van der Waals surface area contributed by atoms with Gasteiger partial charge in [0.1, 0.15) is 5.84 Å². The van der Waals surface area contributed by atoms with Gasteiger partial charge in [-0.05, 0) is 54.4 Å². The van der Waals surface area contributed by atoms with Gasteiger partial charge in [0.15, 0.2) is 0 Å². The van der Waals surface area contributed by atoms with Crippen molar-refractivity contribution in [3.63, 3.8) is 0 Å². The second kappa shape index (κ2) is 12.7. The predicted octanol–water partition coefficient (Wildman–Crippen LogP) is 3.36. The molecule has 186 valence electrons. The normalized spacial score (nSPS) is 11.1. The standard InChI is InChI=1S/C26H28N6O4/c1-2-36-24(34)15-22(19-7-5-13-29-16-19)31-23(33)14-18-6-3-4-8-21(18)32-26(35)30-20-11-9-17(10-12-20)25(27)28/h3-13,16,22H,2,14-15H2,1H3,(H3,27,28)(H,31,33)(H2,30,32,35). The summed E-state index contributed by atoms with van der Waals surface area (Å²) in [6.07, 6.45) is 3.14. The average molecular weight is 489 g/mol. The second-order valence-electron chi connectivity index (χ2n) is 7.82. The van der Waals surface area contributed by atoms with E-state index in [9.17, 15) is 14.4 Å². The number of para-hydroxylation sites is 1. The molecule has 1 atom stereocenters. The summed E-state index contributed by atoms with van der Waals surface area (Å²) in [5.74, 6) is -0.824. The molecule has 0 spiro atoms. The molecule has 3 aromatic rings. The van der Waals surface area contributed by atoms with Gasteiger partial charge in [-0.2, -0.15) is 0 Å². The lowest BCUT2D eigenvalue weighted by molar-refractivity contribution is -0.143. The van der Waals surface area contributed by atoms with Gasteiger partial charge in [-0.3, -0.25) is 20.0 Å². The van der Waals surface area contributed by atoms with Crippen LogP contribution >= 0.6 is 0 Å². The Balaban J connectivity index is 1.66. The van der Waals surface area contributed by atoms with Crippen molar-refractivity contribution in [3.05, 3.63) is 89.7 Å². The maximum absolute atomic E-state index is 12.9. The molecule has 0 fully saturated rings. The summed E-state index contributed by atoms with van der Waals surface area (Å²) in [7, 11) is 0. The highest BCUT2D eigenvalue weighted by molar-refractivity contribution is 6.01. The second-order valence-corrected chi connectivity index (χ2v) is 7.82. The maximum Gasteiger partial charge on any atom is 0.323 e. The summed E-state index contributed by atoms with van der Waals surface area (Å²) in [6, 6.07) is 15.9. The highest BCUT2D eigenvalue weighted by atomic mass is 16.5. The van der Waals surface area contributed by atoms with Crippen molar-refractivity contribution < 1.29 is 19.1 Å². The Bertz CT molecular complexity index is 1210. The number of aromatic nitrogens is 1. The van der Waals surface area contributed by atoms with Crippen LogP contribution in [0, 0.1) is 5.41 Å². The highest BCUT2D eigenvalue weighted by Crippen LogP contribution is 2.20. The van der Waals surface area contributed by atoms with E-state index in [1.54, 1.807) is 80.0 Å². The number of carbonyl (C=O) groups excluding carboxylic acids is 3. The third-order valence-electron chi connectivity index (χ3n) is 5.17. The number of hydrogen-bond donors (Lipinski definition) is 5. The molecule has 0 saturated carbocycles. The maximum atomic E-state index is 12.9. The van der Waals surface area contributed by atoms with Gasteiger partial charge in [0.05, 0.1) is 25.5 Å². The molecular formula is C26H28N6O4. The molecule has 1 unspecified atom stereocenters. The number of nitrogens with two attached hydrogens (primary N) is 1. The highest BCUT2D eigenvalue weighted by Gasteiger charge is 2.20. The summed E-state index contributed by atoms with van der Waals surface area (Å²) >= 11 is 0. The molecule has 3 rings (SSSR count). The quantitative estimate of drug-likeness (QED) is 0.167. The summed E-state index contributed by atoms with van der Waals surface area (Å²) in [4.78, 5) is 41.6. The number of anilines is 2. The van der Waals surface area contributed by atoms with Crippen molar-refractivity contribution in [2.45, 2.75) is 25.8 Å². The zero-order valence-corrected chi connectivity index (χ0v) is 19.8. The van der Waals surface area contributed by atoms with Gasteiger partial charge in [0.25, 0.3) is 0 Å². The third kappa shape index (κ3) is 7.66. The Morgan fingerprint density at radius 1 is 1.03 bits per heavy atom. The van der Waals surface area contributed by atoms with Crippen LogP contribution < -0.4 is 21.7 Å². The van der Waals surface area contributed by atoms with Crippen molar-refractivity contribution in [1.82, 2.24) is 10.3 Å². The van der Waals surface area contributed by atoms with E-state index in [0.29, 0.717) is 28.1 Å². The fourth-order valence-corrected chi connectivity index (χ4v) is 3.45. The molecule has 3 amide bonds. The Kier molecular flexibility index (Phi) is 9.10. The van der Waals surface area contributed by atoms with E-state index in [4.69, 9.17) is 15.9 Å². The molecule has 0 bridgehead atoms. The van der Waals surface area contributed by atoms with Crippen molar-refractivity contribution in [2.24, 2.45) is 5.73 Å². The van der Waals surface area contributed by atoms with Crippen LogP contribution in [0.1, 0.15) is 36.1 Å². The van der Waals surface area contributed by atoms with E-state index >= 15 is 0 Å². The van der Waals surface area contributed by atoms with Crippen molar-refractivity contribution in [3.8, 4) is 0 Å². The summed E-state index contributed by atoms with van der Waals surface area (Å²) in [6.45, 7) is 1.96. The van der Waals surface area contributed by atoms with Gasteiger partial charge >= 0.3 is 12.0 Å². The largest absolute Gasteiger partial charge is 0.466 e. The number of esters is 1. The Labute approximate surface area is 208 Å². The minimum Gasteiger partial charge on any atom is -0.466 e. The van der Waals surface area contributed by atoms with Crippen LogP contribution in [-0.2, 0) is 20.7 Å². The van der Waals surface area contributed by atoms with Gasteiger partial charge in [0, 0.05) is 29.3 Å². The summed E-state index contributed by atoms with van der Waals surface area (Å²) in [5.41, 5.74) is 8.26. The van der Waals surface area contributed by atoms with Gasteiger partial charge in [-0.15, -0.1) is 0 Å². The smallest absolute Gasteiger partial charge is 0.323 e. The number of amidine groups is 1. The molecule has 0 aliphatic heterocycles. The molecule has 0 saturated heterocycles. The van der Waals surface area contributed by atoms with E-state index in [-0.39, 0.29) is 31.2 Å². The lowest BCUT2D eigenvalue weighted by Gasteiger charge is -2.19. The Hall–Kier alpha value is -4.73. The summed E-state index contributed by atoms with van der Waals surface area (Å²) < 4.78 is 5.04. The lowest BCUT2D eigenvalue weighted by Crippen LogP contribution is -2.32. The first-order chi connectivity index (χ1) is 17.4. The molecule has 6 N–H and O–H groups in total. The zero-order valence-electron chi connectivity index (χ0n) is 19.8. The van der Waals surface area contributed by atoms with Crippen LogP contribution in [0.4, 0.5) is 16.2 Å². The van der Waals surface area contributed by atoms with Crippen molar-refractivity contribution >= 4 is 35.1 Å². The number of nitrogens with zero attached hydrogens (tertiary/aromatic N) is 1. The zero-order chi connectivity index (χ0) is 25.9. The average Bonchev–Trinajstić information content (AvgIpc) is 2.86. The van der Waals surface area contributed by atoms with E-state index in [0.717, 1.165) is 0 Å². The van der Waals surface area contributed by atoms with Gasteiger partial charge in [-0.1, -0.05) is 24.3 Å². The molecular weight excluding hydrogens is 460 g/mol. The molecule has 0 aliphatic carbocycles. The van der Waals surface area contributed by atoms with Gasteiger partial charge < -0.3 is 26.4 Å². The van der Waals surface area contributed by atoms with Gasteiger partial charge in [0.2, 0.25) is 5.91 Å². The molecule has 1 aromatic heterocycles. The van der Waals surface area contributed by atoms with E-state index in [1.807, 2.05) is 0 Å². The van der Waals surface area contributed by atoms with Crippen LogP contribution in [0.25, 0.3) is 0 Å². The SMILES string of the molecule is CCOC(=O)CC(NC(=O)Cc1ccccc1NC(=O)Nc1ccc(C(=N)N)cc1)c1cccnc1. The number of nitrogen functional groups attached to an aromatic ring is 1. The first-order valence-electron chi connectivity index (χ1n) is 11.3. The Morgan fingerprint density at radius 3 is 2.44 bits per heavy atom. The number of urea groups is 1.